The van der Waals surface area contributed by atoms with Crippen molar-refractivity contribution in [3.8, 4) is 0 Å². The maximum atomic E-state index is 3.63. The standard InChI is InChI=1S/C8H15N/c1-8(2)6-3-4-7(5-6)9-8/h6-7,9H,3-5H2,1-2H3/t6?,7-/m0/s1. The van der Waals surface area contributed by atoms with Crippen molar-refractivity contribution in [2.75, 3.05) is 0 Å². The van der Waals surface area contributed by atoms with Gasteiger partial charge in [0.15, 0.2) is 0 Å². The van der Waals surface area contributed by atoms with Crippen molar-refractivity contribution in [3.05, 3.63) is 0 Å². The Bertz CT molecular complexity index is 129. The summed E-state index contributed by atoms with van der Waals surface area (Å²) in [5.41, 5.74) is 0.461. The molecule has 1 aliphatic carbocycles. The van der Waals surface area contributed by atoms with Gasteiger partial charge >= 0.3 is 0 Å². The van der Waals surface area contributed by atoms with E-state index in [1.165, 1.54) is 19.3 Å². The topological polar surface area (TPSA) is 12.0 Å². The second-order valence-electron chi connectivity index (χ2n) is 4.07. The lowest BCUT2D eigenvalue weighted by molar-refractivity contribution is 0.282. The molecule has 0 radical (unpaired) electrons. The molecule has 1 saturated heterocycles. The molecule has 0 amide bonds. The van der Waals surface area contributed by atoms with E-state index in [0.29, 0.717) is 5.54 Å². The smallest absolute Gasteiger partial charge is 0.0156 e. The first-order valence-corrected chi connectivity index (χ1v) is 3.96. The van der Waals surface area contributed by atoms with Crippen LogP contribution < -0.4 is 5.32 Å². The summed E-state index contributed by atoms with van der Waals surface area (Å²) in [6.07, 6.45) is 4.33. The zero-order chi connectivity index (χ0) is 6.48. The Morgan fingerprint density at radius 2 is 2.11 bits per heavy atom. The van der Waals surface area contributed by atoms with Gasteiger partial charge in [-0.25, -0.2) is 0 Å². The van der Waals surface area contributed by atoms with Crippen molar-refractivity contribution >= 4 is 0 Å². The maximum absolute atomic E-state index is 3.63. The van der Waals surface area contributed by atoms with E-state index in [-0.39, 0.29) is 0 Å². The lowest BCUT2D eigenvalue weighted by Crippen LogP contribution is -2.44. The largest absolute Gasteiger partial charge is 0.309 e. The third kappa shape index (κ3) is 0.710. The van der Waals surface area contributed by atoms with Gasteiger partial charge in [0.05, 0.1) is 0 Å². The average molecular weight is 125 g/mol. The molecule has 0 spiro atoms. The van der Waals surface area contributed by atoms with E-state index in [0.717, 1.165) is 12.0 Å². The molecule has 1 heteroatoms. The minimum absolute atomic E-state index is 0.461. The summed E-state index contributed by atoms with van der Waals surface area (Å²) >= 11 is 0. The fraction of sp³-hybridized carbons (Fsp3) is 1.00. The average Bonchev–Trinajstić information content (AvgIpc) is 2.19. The van der Waals surface area contributed by atoms with Gasteiger partial charge in [0, 0.05) is 11.6 Å². The molecule has 52 valence electrons. The molecule has 1 heterocycles. The van der Waals surface area contributed by atoms with E-state index in [2.05, 4.69) is 19.2 Å². The van der Waals surface area contributed by atoms with Gasteiger partial charge in [-0.15, -0.1) is 0 Å². The third-order valence-corrected chi connectivity index (χ3v) is 3.03. The molecular weight excluding hydrogens is 110 g/mol. The second kappa shape index (κ2) is 1.51. The first kappa shape index (κ1) is 5.72. The second-order valence-corrected chi connectivity index (χ2v) is 4.07. The minimum Gasteiger partial charge on any atom is -0.309 e. The highest BCUT2D eigenvalue weighted by Crippen LogP contribution is 2.41. The van der Waals surface area contributed by atoms with Gasteiger partial charge in [-0.2, -0.15) is 0 Å². The van der Waals surface area contributed by atoms with Crippen LogP contribution in [0.1, 0.15) is 33.1 Å². The lowest BCUT2D eigenvalue weighted by atomic mass is 9.88. The molecule has 0 aromatic carbocycles. The van der Waals surface area contributed by atoms with Crippen LogP contribution in [0.25, 0.3) is 0 Å². The van der Waals surface area contributed by atoms with Crippen LogP contribution in [0.2, 0.25) is 0 Å². The lowest BCUT2D eigenvalue weighted by Gasteiger charge is -2.30. The van der Waals surface area contributed by atoms with E-state index in [9.17, 15) is 0 Å². The van der Waals surface area contributed by atoms with Crippen molar-refractivity contribution in [3.63, 3.8) is 0 Å². The Balaban J connectivity index is 2.18. The van der Waals surface area contributed by atoms with Gasteiger partial charge < -0.3 is 5.32 Å². The molecule has 1 aliphatic heterocycles. The third-order valence-electron chi connectivity index (χ3n) is 3.03. The zero-order valence-electron chi connectivity index (χ0n) is 6.28. The van der Waals surface area contributed by atoms with Crippen LogP contribution in [-0.4, -0.2) is 11.6 Å². The number of fused-ring (bicyclic) bond motifs is 2. The first-order valence-electron chi connectivity index (χ1n) is 3.96. The maximum Gasteiger partial charge on any atom is 0.0156 e. The Labute approximate surface area is 56.8 Å². The van der Waals surface area contributed by atoms with Crippen molar-refractivity contribution < 1.29 is 0 Å². The summed E-state index contributed by atoms with van der Waals surface area (Å²) in [7, 11) is 0. The number of hydrogen-bond acceptors (Lipinski definition) is 1. The summed E-state index contributed by atoms with van der Waals surface area (Å²) < 4.78 is 0. The van der Waals surface area contributed by atoms with E-state index >= 15 is 0 Å². The van der Waals surface area contributed by atoms with E-state index < -0.39 is 0 Å². The van der Waals surface area contributed by atoms with Crippen molar-refractivity contribution in [2.45, 2.75) is 44.7 Å². The van der Waals surface area contributed by atoms with Gasteiger partial charge in [-0.3, -0.25) is 0 Å². The molecule has 2 rings (SSSR count). The molecule has 0 aromatic rings. The normalized spacial score (nSPS) is 46.0. The summed E-state index contributed by atoms with van der Waals surface area (Å²) in [6.45, 7) is 4.66. The van der Waals surface area contributed by atoms with Crippen LogP contribution in [-0.2, 0) is 0 Å². The molecule has 2 bridgehead atoms. The Morgan fingerprint density at radius 3 is 2.33 bits per heavy atom. The van der Waals surface area contributed by atoms with Gasteiger partial charge in [0.2, 0.25) is 0 Å². The molecule has 9 heavy (non-hydrogen) atoms. The Hall–Kier alpha value is -0.0400. The fourth-order valence-corrected chi connectivity index (χ4v) is 2.41. The Morgan fingerprint density at radius 1 is 1.33 bits per heavy atom. The fourth-order valence-electron chi connectivity index (χ4n) is 2.41. The molecular formula is C8H15N. The Kier molecular flexibility index (Phi) is 0.963. The van der Waals surface area contributed by atoms with Gasteiger partial charge in [-0.1, -0.05) is 0 Å². The van der Waals surface area contributed by atoms with Crippen molar-refractivity contribution in [2.24, 2.45) is 5.92 Å². The highest BCUT2D eigenvalue weighted by Gasteiger charge is 2.43. The van der Waals surface area contributed by atoms with Crippen LogP contribution in [0.3, 0.4) is 0 Å². The summed E-state index contributed by atoms with van der Waals surface area (Å²) in [5.74, 6) is 0.975. The molecule has 1 nitrogen and oxygen atoms in total. The minimum atomic E-state index is 0.461. The molecule has 2 fully saturated rings. The van der Waals surface area contributed by atoms with Gasteiger partial charge in [0.1, 0.15) is 0 Å². The number of hydrogen-bond donors (Lipinski definition) is 1. The van der Waals surface area contributed by atoms with Crippen molar-refractivity contribution in [1.29, 1.82) is 0 Å². The highest BCUT2D eigenvalue weighted by molar-refractivity contribution is 5.02. The molecule has 1 N–H and O–H groups in total. The summed E-state index contributed by atoms with van der Waals surface area (Å²) in [6, 6.07) is 0.866. The zero-order valence-corrected chi connectivity index (χ0v) is 6.28. The quantitative estimate of drug-likeness (QED) is 0.518. The molecule has 1 saturated carbocycles. The van der Waals surface area contributed by atoms with Crippen molar-refractivity contribution in [1.82, 2.24) is 5.32 Å². The van der Waals surface area contributed by atoms with Crippen LogP contribution in [0, 0.1) is 5.92 Å². The molecule has 2 atom stereocenters. The van der Waals surface area contributed by atoms with Crippen LogP contribution in [0.5, 0.6) is 0 Å². The SMILES string of the molecule is CC1(C)N[C@H]2CCC1C2. The molecule has 1 unspecified atom stereocenters. The monoisotopic (exact) mass is 125 g/mol. The van der Waals surface area contributed by atoms with Gasteiger partial charge in [-0.05, 0) is 39.0 Å². The van der Waals surface area contributed by atoms with Crippen LogP contribution >= 0.6 is 0 Å². The summed E-state index contributed by atoms with van der Waals surface area (Å²) in [4.78, 5) is 0. The predicted octanol–water partition coefficient (Wildman–Crippen LogP) is 1.54. The molecule has 2 aliphatic rings. The van der Waals surface area contributed by atoms with Gasteiger partial charge in [0.25, 0.3) is 0 Å². The van der Waals surface area contributed by atoms with E-state index in [1.54, 1.807) is 0 Å². The summed E-state index contributed by atoms with van der Waals surface area (Å²) in [5, 5.41) is 3.63. The number of rotatable bonds is 0. The van der Waals surface area contributed by atoms with Crippen LogP contribution in [0.15, 0.2) is 0 Å². The first-order chi connectivity index (χ1) is 4.18. The number of piperidine rings is 1. The van der Waals surface area contributed by atoms with E-state index in [4.69, 9.17) is 0 Å². The highest BCUT2D eigenvalue weighted by atomic mass is 15.1. The van der Waals surface area contributed by atoms with E-state index in [1.807, 2.05) is 0 Å². The molecule has 0 aromatic heterocycles. The number of nitrogens with one attached hydrogen (secondary N) is 1. The van der Waals surface area contributed by atoms with Crippen LogP contribution in [0.4, 0.5) is 0 Å². The predicted molar refractivity (Wildman–Crippen MR) is 38.3 cm³/mol.